The minimum atomic E-state index is 0. The summed E-state index contributed by atoms with van der Waals surface area (Å²) in [6, 6.07) is 18.2. The molecule has 0 bridgehead atoms. The molecule has 0 fully saturated rings. The van der Waals surface area contributed by atoms with Crippen molar-refractivity contribution in [2.24, 2.45) is 4.99 Å². The average Bonchev–Trinajstić information content (AvgIpc) is 2.76. The van der Waals surface area contributed by atoms with E-state index in [1.165, 1.54) is 5.56 Å². The van der Waals surface area contributed by atoms with Crippen molar-refractivity contribution in [3.05, 3.63) is 66.4 Å². The Morgan fingerprint density at radius 1 is 1.07 bits per heavy atom. The van der Waals surface area contributed by atoms with Crippen LogP contribution in [0.25, 0.3) is 10.9 Å². The number of methoxy groups -OCH3 is 1. The Labute approximate surface area is 195 Å². The van der Waals surface area contributed by atoms with Gasteiger partial charge in [0.05, 0.1) is 12.1 Å². The maximum atomic E-state index is 5.76. The highest BCUT2D eigenvalue weighted by Gasteiger charge is 2.04. The van der Waals surface area contributed by atoms with E-state index < -0.39 is 0 Å². The quantitative estimate of drug-likeness (QED) is 0.188. The number of nitrogens with zero attached hydrogens (tertiary/aromatic N) is 2. The fourth-order valence-corrected chi connectivity index (χ4v) is 3.06. The van der Waals surface area contributed by atoms with Crippen LogP contribution in [-0.2, 0) is 11.2 Å². The van der Waals surface area contributed by atoms with Crippen LogP contribution in [-0.4, -0.2) is 44.9 Å². The second-order valence-electron chi connectivity index (χ2n) is 6.59. The molecular formula is C23H29IN4O2. The topological polar surface area (TPSA) is 67.8 Å². The summed E-state index contributed by atoms with van der Waals surface area (Å²) < 4.78 is 10.8. The zero-order chi connectivity index (χ0) is 20.3. The highest BCUT2D eigenvalue weighted by atomic mass is 127. The van der Waals surface area contributed by atoms with Crippen molar-refractivity contribution in [1.82, 2.24) is 10.3 Å². The number of ether oxygens (including phenoxy) is 2. The van der Waals surface area contributed by atoms with Gasteiger partial charge in [-0.05, 0) is 30.2 Å². The van der Waals surface area contributed by atoms with Gasteiger partial charge in [-0.3, -0.25) is 9.98 Å². The van der Waals surface area contributed by atoms with Gasteiger partial charge in [-0.15, -0.1) is 24.0 Å². The van der Waals surface area contributed by atoms with Gasteiger partial charge in [0.2, 0.25) is 0 Å². The third kappa shape index (κ3) is 7.14. The Morgan fingerprint density at radius 3 is 2.73 bits per heavy atom. The van der Waals surface area contributed by atoms with Crippen LogP contribution in [0.1, 0.15) is 12.0 Å². The molecule has 6 nitrogen and oxygen atoms in total. The molecule has 0 spiro atoms. The smallest absolute Gasteiger partial charge is 0.195 e. The highest BCUT2D eigenvalue weighted by Crippen LogP contribution is 2.18. The van der Waals surface area contributed by atoms with E-state index in [0.29, 0.717) is 13.2 Å². The number of nitrogens with one attached hydrogen (secondary N) is 2. The van der Waals surface area contributed by atoms with Gasteiger partial charge in [0.15, 0.2) is 5.96 Å². The summed E-state index contributed by atoms with van der Waals surface area (Å²) in [6.45, 7) is 2.08. The number of guanidine groups is 1. The maximum absolute atomic E-state index is 5.76. The number of benzene rings is 2. The van der Waals surface area contributed by atoms with Crippen LogP contribution in [0.15, 0.2) is 65.8 Å². The van der Waals surface area contributed by atoms with Gasteiger partial charge in [0, 0.05) is 57.1 Å². The van der Waals surface area contributed by atoms with Gasteiger partial charge in [-0.25, -0.2) is 0 Å². The number of halogens is 1. The molecule has 0 aliphatic heterocycles. The fourth-order valence-electron chi connectivity index (χ4n) is 3.06. The third-order valence-corrected chi connectivity index (χ3v) is 4.48. The zero-order valence-corrected chi connectivity index (χ0v) is 19.8. The molecule has 0 aliphatic carbocycles. The first-order valence-corrected chi connectivity index (χ1v) is 9.82. The minimum absolute atomic E-state index is 0. The van der Waals surface area contributed by atoms with Crippen LogP contribution in [0.2, 0.25) is 0 Å². The number of hydrogen-bond acceptors (Lipinski definition) is 4. The van der Waals surface area contributed by atoms with E-state index in [-0.39, 0.29) is 24.0 Å². The average molecular weight is 520 g/mol. The standard InChI is InChI=1S/C23H28N4O2.HI/c1-24-23(27-20-10-4-11-21(17-20)29-16-6-15-28-2)26-14-12-19-8-3-7-18-9-5-13-25-22(18)19;/h3-5,7-11,13,17H,6,12,14-16H2,1-2H3,(H2,24,26,27);1H. The van der Waals surface area contributed by atoms with Crippen LogP contribution in [0.4, 0.5) is 5.69 Å². The molecule has 1 aromatic heterocycles. The summed E-state index contributed by atoms with van der Waals surface area (Å²) in [7, 11) is 3.46. The van der Waals surface area contributed by atoms with Gasteiger partial charge in [0.1, 0.15) is 5.75 Å². The van der Waals surface area contributed by atoms with E-state index in [2.05, 4.69) is 44.9 Å². The van der Waals surface area contributed by atoms with Crippen molar-refractivity contribution in [2.45, 2.75) is 12.8 Å². The van der Waals surface area contributed by atoms with Crippen LogP contribution in [0.5, 0.6) is 5.75 Å². The van der Waals surface area contributed by atoms with Gasteiger partial charge in [-0.1, -0.05) is 30.3 Å². The van der Waals surface area contributed by atoms with E-state index in [9.17, 15) is 0 Å². The van der Waals surface area contributed by atoms with Gasteiger partial charge < -0.3 is 20.1 Å². The minimum Gasteiger partial charge on any atom is -0.493 e. The normalized spacial score (nSPS) is 11.1. The monoisotopic (exact) mass is 520 g/mol. The summed E-state index contributed by atoms with van der Waals surface area (Å²) in [6.07, 6.45) is 3.56. The Morgan fingerprint density at radius 2 is 1.90 bits per heavy atom. The summed E-state index contributed by atoms with van der Waals surface area (Å²) >= 11 is 0. The molecule has 0 saturated heterocycles. The summed E-state index contributed by atoms with van der Waals surface area (Å²) in [4.78, 5) is 8.83. The van der Waals surface area contributed by atoms with E-state index >= 15 is 0 Å². The predicted molar refractivity (Wildman–Crippen MR) is 134 cm³/mol. The number of anilines is 1. The maximum Gasteiger partial charge on any atom is 0.195 e. The van der Waals surface area contributed by atoms with Gasteiger partial charge in [-0.2, -0.15) is 0 Å². The van der Waals surface area contributed by atoms with Crippen molar-refractivity contribution in [1.29, 1.82) is 0 Å². The molecule has 3 aromatic rings. The molecule has 0 aliphatic rings. The van der Waals surface area contributed by atoms with Crippen molar-refractivity contribution in [3.8, 4) is 5.75 Å². The molecule has 7 heteroatoms. The number of para-hydroxylation sites is 1. The predicted octanol–water partition coefficient (Wildman–Crippen LogP) is 4.50. The lowest BCUT2D eigenvalue weighted by Crippen LogP contribution is -2.32. The van der Waals surface area contributed by atoms with E-state index in [1.54, 1.807) is 14.2 Å². The lowest BCUT2D eigenvalue weighted by atomic mass is 10.1. The van der Waals surface area contributed by atoms with E-state index in [1.807, 2.05) is 36.5 Å². The number of fused-ring (bicyclic) bond motifs is 1. The fraction of sp³-hybridized carbons (Fsp3) is 0.304. The van der Waals surface area contributed by atoms with Gasteiger partial charge in [0.25, 0.3) is 0 Å². The molecule has 0 unspecified atom stereocenters. The molecule has 0 saturated carbocycles. The molecular weight excluding hydrogens is 491 g/mol. The Kier molecular flexibility index (Phi) is 10.4. The van der Waals surface area contributed by atoms with Crippen molar-refractivity contribution in [3.63, 3.8) is 0 Å². The van der Waals surface area contributed by atoms with Crippen LogP contribution >= 0.6 is 24.0 Å². The highest BCUT2D eigenvalue weighted by molar-refractivity contribution is 14.0. The third-order valence-electron chi connectivity index (χ3n) is 4.48. The summed E-state index contributed by atoms with van der Waals surface area (Å²) in [5.74, 6) is 1.54. The first-order valence-electron chi connectivity index (χ1n) is 9.82. The van der Waals surface area contributed by atoms with Crippen molar-refractivity contribution >= 4 is 46.5 Å². The zero-order valence-electron chi connectivity index (χ0n) is 17.4. The Balaban J connectivity index is 0.00000320. The van der Waals surface area contributed by atoms with E-state index in [4.69, 9.17) is 9.47 Å². The van der Waals surface area contributed by atoms with Gasteiger partial charge >= 0.3 is 0 Å². The largest absolute Gasteiger partial charge is 0.493 e. The summed E-state index contributed by atoms with van der Waals surface area (Å²) in [5, 5.41) is 7.84. The first-order chi connectivity index (χ1) is 14.3. The molecule has 2 N–H and O–H groups in total. The molecule has 1 heterocycles. The Hall–Kier alpha value is -2.39. The molecule has 3 rings (SSSR count). The SMILES string of the molecule is CN=C(NCCc1cccc2cccnc12)Nc1cccc(OCCCOC)c1.I. The lowest BCUT2D eigenvalue weighted by Gasteiger charge is -2.13. The van der Waals surface area contributed by atoms with Crippen molar-refractivity contribution < 1.29 is 9.47 Å². The second-order valence-corrected chi connectivity index (χ2v) is 6.59. The van der Waals surface area contributed by atoms with Crippen LogP contribution in [0, 0.1) is 0 Å². The van der Waals surface area contributed by atoms with E-state index in [0.717, 1.165) is 47.7 Å². The molecule has 0 radical (unpaired) electrons. The molecule has 0 amide bonds. The lowest BCUT2D eigenvalue weighted by molar-refractivity contribution is 0.172. The summed E-state index contributed by atoms with van der Waals surface area (Å²) in [5.41, 5.74) is 3.20. The second kappa shape index (κ2) is 13.0. The Bertz CT molecular complexity index is 944. The molecule has 0 atom stereocenters. The number of hydrogen-bond donors (Lipinski definition) is 2. The van der Waals surface area contributed by atoms with Crippen molar-refractivity contribution in [2.75, 3.05) is 39.2 Å². The van der Waals surface area contributed by atoms with Crippen LogP contribution < -0.4 is 15.4 Å². The number of pyridine rings is 1. The first kappa shape index (κ1) is 23.9. The number of rotatable bonds is 9. The molecule has 160 valence electrons. The number of aromatic nitrogens is 1. The number of aliphatic imine (C=N–C) groups is 1. The molecule has 2 aromatic carbocycles. The molecule has 30 heavy (non-hydrogen) atoms. The van der Waals surface area contributed by atoms with Crippen LogP contribution in [0.3, 0.4) is 0 Å².